The normalized spacial score (nSPS) is 12.0. The van der Waals surface area contributed by atoms with Crippen LogP contribution in [0.15, 0.2) is 152 Å². The highest BCUT2D eigenvalue weighted by Crippen LogP contribution is 2.47. The van der Waals surface area contributed by atoms with Gasteiger partial charge in [-0.1, -0.05) is 42.5 Å². The van der Waals surface area contributed by atoms with Crippen LogP contribution in [0, 0.1) is 11.6 Å². The second-order valence-corrected chi connectivity index (χ2v) is 13.3. The summed E-state index contributed by atoms with van der Waals surface area (Å²) in [7, 11) is 0. The molecule has 0 bridgehead atoms. The van der Waals surface area contributed by atoms with Gasteiger partial charge in [-0.25, -0.2) is 28.7 Å². The van der Waals surface area contributed by atoms with Crippen molar-refractivity contribution in [2.75, 3.05) is 0 Å². The number of hydrogen-bond donors (Lipinski definition) is 0. The quantitative estimate of drug-likeness (QED) is 0.165. The zero-order valence-corrected chi connectivity index (χ0v) is 29.0. The lowest BCUT2D eigenvalue weighted by Crippen LogP contribution is -2.16. The molecule has 0 aliphatic carbocycles. The van der Waals surface area contributed by atoms with E-state index in [0.717, 1.165) is 12.1 Å². The van der Waals surface area contributed by atoms with Crippen LogP contribution in [0.3, 0.4) is 0 Å². The molecule has 0 spiro atoms. The Labute approximate surface area is 314 Å². The highest BCUT2D eigenvalue weighted by Gasteiger charge is 2.40. The maximum absolute atomic E-state index is 16.1. The predicted octanol–water partition coefficient (Wildman–Crippen LogP) is 11.8. The fraction of sp³-hybridized carbons (Fsp3) is 0.0222. The van der Waals surface area contributed by atoms with E-state index in [1.807, 2.05) is 36.4 Å². The summed E-state index contributed by atoms with van der Waals surface area (Å²) in [6.07, 6.45) is 1.51. The minimum Gasteiger partial charge on any atom is -0.309 e. The van der Waals surface area contributed by atoms with Gasteiger partial charge in [0.05, 0.1) is 39.0 Å². The number of rotatable bonds is 5. The van der Waals surface area contributed by atoms with Crippen molar-refractivity contribution in [1.29, 1.82) is 0 Å². The first-order valence-electron chi connectivity index (χ1n) is 17.6. The molecule has 0 saturated carbocycles. The van der Waals surface area contributed by atoms with E-state index < -0.39 is 28.9 Å². The Morgan fingerprint density at radius 3 is 1.29 bits per heavy atom. The van der Waals surface area contributed by atoms with E-state index in [4.69, 9.17) is 0 Å². The summed E-state index contributed by atoms with van der Waals surface area (Å²) in [6, 6.07) is 34.2. The standard InChI is InChI=1S/C45H25F5N6/c46-33-10-5-11-34(47)41(33)28-24-39(55-35-12-3-1-8-29(35)31-22-26(14-16-37(31)55)43-51-18-6-19-52-43)42(45(48,49)50)40(25-28)56-36-13-4-2-9-30(36)32-23-27(15-17-38(32)56)44-53-20-7-21-54-44/h1-25H. The molecule has 270 valence electrons. The summed E-state index contributed by atoms with van der Waals surface area (Å²) >= 11 is 0. The summed E-state index contributed by atoms with van der Waals surface area (Å²) in [6.45, 7) is 0. The van der Waals surface area contributed by atoms with E-state index in [9.17, 15) is 0 Å². The van der Waals surface area contributed by atoms with Crippen molar-refractivity contribution >= 4 is 43.6 Å². The summed E-state index contributed by atoms with van der Waals surface area (Å²) in [5.41, 5.74) is 1.05. The van der Waals surface area contributed by atoms with Crippen molar-refractivity contribution in [2.24, 2.45) is 0 Å². The van der Waals surface area contributed by atoms with Gasteiger partial charge in [0.2, 0.25) is 0 Å². The molecule has 6 nitrogen and oxygen atoms in total. The Morgan fingerprint density at radius 1 is 0.411 bits per heavy atom. The molecule has 0 atom stereocenters. The minimum atomic E-state index is -4.96. The molecule has 0 N–H and O–H groups in total. The van der Waals surface area contributed by atoms with Gasteiger partial charge in [0.1, 0.15) is 17.2 Å². The number of nitrogens with zero attached hydrogens (tertiary/aromatic N) is 6. The SMILES string of the molecule is Fc1cccc(F)c1-c1cc(-n2c3ccccc3c3cc(-c4ncccn4)ccc32)c(C(F)(F)F)c(-n2c3ccccc3c3cc(-c4ncccn4)ccc32)c1. The van der Waals surface area contributed by atoms with Crippen LogP contribution in [0.25, 0.3) is 88.9 Å². The Bertz CT molecular complexity index is 2960. The second kappa shape index (κ2) is 12.7. The van der Waals surface area contributed by atoms with E-state index in [0.29, 0.717) is 66.4 Å². The Balaban J connectivity index is 1.35. The van der Waals surface area contributed by atoms with Crippen LogP contribution in [0.4, 0.5) is 22.0 Å². The third-order valence-corrected chi connectivity index (χ3v) is 10.1. The van der Waals surface area contributed by atoms with Gasteiger partial charge in [-0.05, 0) is 90.5 Å². The molecule has 0 unspecified atom stereocenters. The van der Waals surface area contributed by atoms with Crippen LogP contribution in [0.2, 0.25) is 0 Å². The lowest BCUT2D eigenvalue weighted by molar-refractivity contribution is -0.137. The molecular weight excluding hydrogens is 720 g/mol. The number of para-hydroxylation sites is 2. The number of aromatic nitrogens is 6. The van der Waals surface area contributed by atoms with Gasteiger partial charge in [0.25, 0.3) is 0 Å². The van der Waals surface area contributed by atoms with Crippen LogP contribution >= 0.6 is 0 Å². The van der Waals surface area contributed by atoms with Crippen molar-refractivity contribution in [3.05, 3.63) is 169 Å². The molecule has 0 saturated heterocycles. The Hall–Kier alpha value is -7.27. The predicted molar refractivity (Wildman–Crippen MR) is 208 cm³/mol. The largest absolute Gasteiger partial charge is 0.420 e. The molecule has 11 heteroatoms. The summed E-state index contributed by atoms with van der Waals surface area (Å²) in [5, 5.41) is 2.64. The maximum atomic E-state index is 16.1. The van der Waals surface area contributed by atoms with E-state index in [1.165, 1.54) is 27.3 Å². The molecule has 4 heterocycles. The number of benzene rings is 6. The highest BCUT2D eigenvalue weighted by molar-refractivity contribution is 6.12. The smallest absolute Gasteiger partial charge is 0.309 e. The number of fused-ring (bicyclic) bond motifs is 6. The molecule has 0 aliphatic heterocycles. The van der Waals surface area contributed by atoms with Gasteiger partial charge >= 0.3 is 6.18 Å². The highest BCUT2D eigenvalue weighted by atomic mass is 19.4. The van der Waals surface area contributed by atoms with Crippen LogP contribution in [-0.4, -0.2) is 29.1 Å². The maximum Gasteiger partial charge on any atom is 0.420 e. The average molecular weight is 745 g/mol. The molecule has 10 rings (SSSR count). The molecular formula is C45H25F5N6. The summed E-state index contributed by atoms with van der Waals surface area (Å²) < 4.78 is 83.0. The van der Waals surface area contributed by atoms with Gasteiger partial charge in [0.15, 0.2) is 11.6 Å². The van der Waals surface area contributed by atoms with Gasteiger partial charge in [-0.15, -0.1) is 0 Å². The molecule has 10 aromatic rings. The van der Waals surface area contributed by atoms with Crippen molar-refractivity contribution in [3.8, 4) is 45.3 Å². The first-order chi connectivity index (χ1) is 27.3. The minimum absolute atomic E-state index is 0.0703. The zero-order chi connectivity index (χ0) is 38.1. The number of hydrogen-bond acceptors (Lipinski definition) is 4. The van der Waals surface area contributed by atoms with Crippen molar-refractivity contribution < 1.29 is 22.0 Å². The first-order valence-corrected chi connectivity index (χ1v) is 17.6. The molecule has 0 aliphatic rings. The van der Waals surface area contributed by atoms with Crippen LogP contribution in [0.1, 0.15) is 5.56 Å². The van der Waals surface area contributed by atoms with Crippen molar-refractivity contribution in [1.82, 2.24) is 29.1 Å². The summed E-state index contributed by atoms with van der Waals surface area (Å²) in [5.74, 6) is -0.915. The second-order valence-electron chi connectivity index (χ2n) is 13.3. The molecule has 6 aromatic carbocycles. The van der Waals surface area contributed by atoms with Crippen LogP contribution in [0.5, 0.6) is 0 Å². The zero-order valence-electron chi connectivity index (χ0n) is 29.0. The Kier molecular flexibility index (Phi) is 7.53. The van der Waals surface area contributed by atoms with Gasteiger partial charge < -0.3 is 9.13 Å². The molecule has 0 radical (unpaired) electrons. The fourth-order valence-electron chi connectivity index (χ4n) is 7.81. The average Bonchev–Trinajstić information content (AvgIpc) is 3.73. The topological polar surface area (TPSA) is 61.4 Å². The monoisotopic (exact) mass is 744 g/mol. The lowest BCUT2D eigenvalue weighted by Gasteiger charge is -2.23. The Morgan fingerprint density at radius 2 is 0.839 bits per heavy atom. The fourth-order valence-corrected chi connectivity index (χ4v) is 7.81. The first kappa shape index (κ1) is 33.3. The van der Waals surface area contributed by atoms with Crippen LogP contribution < -0.4 is 0 Å². The molecule has 0 amide bonds. The van der Waals surface area contributed by atoms with E-state index in [1.54, 1.807) is 85.5 Å². The lowest BCUT2D eigenvalue weighted by atomic mass is 9.98. The van der Waals surface area contributed by atoms with Crippen molar-refractivity contribution in [2.45, 2.75) is 6.18 Å². The van der Waals surface area contributed by atoms with Gasteiger partial charge in [0, 0.05) is 57.5 Å². The van der Waals surface area contributed by atoms with Crippen molar-refractivity contribution in [3.63, 3.8) is 0 Å². The molecule has 0 fully saturated rings. The molecule has 4 aromatic heterocycles. The number of halogens is 5. The van der Waals surface area contributed by atoms with E-state index in [2.05, 4.69) is 19.9 Å². The summed E-state index contributed by atoms with van der Waals surface area (Å²) in [4.78, 5) is 17.5. The van der Waals surface area contributed by atoms with E-state index >= 15 is 22.0 Å². The third kappa shape index (κ3) is 5.23. The van der Waals surface area contributed by atoms with Gasteiger partial charge in [-0.2, -0.15) is 13.2 Å². The van der Waals surface area contributed by atoms with Gasteiger partial charge in [-0.3, -0.25) is 0 Å². The van der Waals surface area contributed by atoms with E-state index in [-0.39, 0.29) is 16.9 Å². The number of alkyl halides is 3. The molecule has 56 heavy (non-hydrogen) atoms. The third-order valence-electron chi connectivity index (χ3n) is 10.1. The van der Waals surface area contributed by atoms with Crippen LogP contribution in [-0.2, 0) is 6.18 Å².